The van der Waals surface area contributed by atoms with Crippen molar-refractivity contribution in [3.63, 3.8) is 0 Å². The largest absolute Gasteiger partial charge is 0.313 e. The number of rotatable bonds is 7. The highest BCUT2D eigenvalue weighted by Gasteiger charge is 2.17. The Morgan fingerprint density at radius 3 is 2.65 bits per heavy atom. The fraction of sp³-hybridized carbons (Fsp3) is 0.625. The summed E-state index contributed by atoms with van der Waals surface area (Å²) >= 11 is 7.97. The SMILES string of the molecule is CCCNC(CSC(C)(C)C)Cc1cccc(F)c1Cl. The molecule has 0 saturated heterocycles. The van der Waals surface area contributed by atoms with Crippen LogP contribution >= 0.6 is 23.4 Å². The minimum Gasteiger partial charge on any atom is -0.313 e. The van der Waals surface area contributed by atoms with E-state index in [0.717, 1.165) is 30.7 Å². The Kier molecular flexibility index (Phi) is 7.35. The summed E-state index contributed by atoms with van der Waals surface area (Å²) in [6.45, 7) is 9.76. The summed E-state index contributed by atoms with van der Waals surface area (Å²) in [5.74, 6) is 0.665. The van der Waals surface area contributed by atoms with Gasteiger partial charge in [-0.3, -0.25) is 0 Å². The van der Waals surface area contributed by atoms with Gasteiger partial charge in [0.2, 0.25) is 0 Å². The Balaban J connectivity index is 2.70. The van der Waals surface area contributed by atoms with Crippen LogP contribution in [0.15, 0.2) is 18.2 Å². The van der Waals surface area contributed by atoms with Crippen molar-refractivity contribution in [2.24, 2.45) is 0 Å². The zero-order chi connectivity index (χ0) is 15.2. The van der Waals surface area contributed by atoms with Crippen LogP contribution in [0.5, 0.6) is 0 Å². The van der Waals surface area contributed by atoms with Gasteiger partial charge < -0.3 is 5.32 Å². The zero-order valence-electron chi connectivity index (χ0n) is 12.8. The molecule has 4 heteroatoms. The maximum Gasteiger partial charge on any atom is 0.142 e. The van der Waals surface area contributed by atoms with Gasteiger partial charge in [-0.1, -0.05) is 51.4 Å². The van der Waals surface area contributed by atoms with Gasteiger partial charge in [-0.25, -0.2) is 4.39 Å². The number of benzene rings is 1. The smallest absolute Gasteiger partial charge is 0.142 e. The van der Waals surface area contributed by atoms with E-state index in [1.54, 1.807) is 6.07 Å². The van der Waals surface area contributed by atoms with E-state index in [1.807, 2.05) is 17.8 Å². The predicted octanol–water partition coefficient (Wildman–Crippen LogP) is 4.92. The highest BCUT2D eigenvalue weighted by molar-refractivity contribution is 8.00. The monoisotopic (exact) mass is 317 g/mol. The third-order valence-corrected chi connectivity index (χ3v) is 4.76. The van der Waals surface area contributed by atoms with Crippen LogP contribution in [-0.2, 0) is 6.42 Å². The molecule has 0 radical (unpaired) electrons. The van der Waals surface area contributed by atoms with Crippen LogP contribution in [0.4, 0.5) is 4.39 Å². The van der Waals surface area contributed by atoms with Gasteiger partial charge in [-0.05, 0) is 31.0 Å². The quantitative estimate of drug-likeness (QED) is 0.766. The van der Waals surface area contributed by atoms with E-state index in [4.69, 9.17) is 11.6 Å². The molecular formula is C16H25ClFNS. The number of hydrogen-bond donors (Lipinski definition) is 1. The summed E-state index contributed by atoms with van der Waals surface area (Å²) in [6, 6.07) is 5.36. The molecule has 1 nitrogen and oxygen atoms in total. The Labute approximate surface area is 131 Å². The van der Waals surface area contributed by atoms with Gasteiger partial charge in [0.1, 0.15) is 5.82 Å². The van der Waals surface area contributed by atoms with Crippen LogP contribution in [0.1, 0.15) is 39.7 Å². The highest BCUT2D eigenvalue weighted by Crippen LogP contribution is 2.26. The molecule has 1 unspecified atom stereocenters. The lowest BCUT2D eigenvalue weighted by Crippen LogP contribution is -2.35. The molecule has 1 atom stereocenters. The predicted molar refractivity (Wildman–Crippen MR) is 89.4 cm³/mol. The van der Waals surface area contributed by atoms with Crippen molar-refractivity contribution < 1.29 is 4.39 Å². The minimum absolute atomic E-state index is 0.234. The normalized spacial score (nSPS) is 13.5. The van der Waals surface area contributed by atoms with Gasteiger partial charge in [0.25, 0.3) is 0 Å². The van der Waals surface area contributed by atoms with E-state index in [9.17, 15) is 4.39 Å². The molecule has 0 bridgehead atoms. The number of nitrogens with one attached hydrogen (secondary N) is 1. The molecule has 0 aliphatic rings. The highest BCUT2D eigenvalue weighted by atomic mass is 35.5. The number of halogens is 2. The Bertz CT molecular complexity index is 417. The Hall–Kier alpha value is -0.250. The van der Waals surface area contributed by atoms with Crippen LogP contribution in [0.25, 0.3) is 0 Å². The fourth-order valence-corrected chi connectivity index (χ4v) is 3.00. The van der Waals surface area contributed by atoms with Gasteiger partial charge >= 0.3 is 0 Å². The summed E-state index contributed by atoms with van der Waals surface area (Å²) in [5, 5.41) is 3.80. The maximum absolute atomic E-state index is 13.5. The first-order valence-corrected chi connectivity index (χ1v) is 8.50. The molecule has 1 aromatic rings. The van der Waals surface area contributed by atoms with E-state index in [2.05, 4.69) is 33.0 Å². The molecule has 0 aliphatic carbocycles. The summed E-state index contributed by atoms with van der Waals surface area (Å²) in [5.41, 5.74) is 0.884. The Morgan fingerprint density at radius 1 is 1.35 bits per heavy atom. The van der Waals surface area contributed by atoms with Crippen LogP contribution in [0.2, 0.25) is 5.02 Å². The standard InChI is InChI=1S/C16H25ClFNS/c1-5-9-19-13(11-20-16(2,3)4)10-12-7-6-8-14(18)15(12)17/h6-8,13,19H,5,9-11H2,1-4H3. The molecule has 0 heterocycles. The van der Waals surface area contributed by atoms with Crippen molar-refractivity contribution in [1.29, 1.82) is 0 Å². The van der Waals surface area contributed by atoms with E-state index in [0.29, 0.717) is 6.04 Å². The van der Waals surface area contributed by atoms with Crippen LogP contribution in [0.3, 0.4) is 0 Å². The molecule has 114 valence electrons. The van der Waals surface area contributed by atoms with Gasteiger partial charge in [0.05, 0.1) is 5.02 Å². The summed E-state index contributed by atoms with van der Waals surface area (Å²) < 4.78 is 13.7. The van der Waals surface area contributed by atoms with E-state index in [1.165, 1.54) is 6.07 Å². The van der Waals surface area contributed by atoms with Crippen molar-refractivity contribution in [1.82, 2.24) is 5.32 Å². The van der Waals surface area contributed by atoms with Gasteiger partial charge in [0.15, 0.2) is 0 Å². The first-order valence-electron chi connectivity index (χ1n) is 7.13. The molecule has 1 rings (SSSR count). The first kappa shape index (κ1) is 17.8. The number of hydrogen-bond acceptors (Lipinski definition) is 2. The van der Waals surface area contributed by atoms with E-state index < -0.39 is 0 Å². The van der Waals surface area contributed by atoms with Crippen molar-refractivity contribution in [3.8, 4) is 0 Å². The van der Waals surface area contributed by atoms with Crippen molar-refractivity contribution in [2.45, 2.75) is 51.3 Å². The molecule has 0 spiro atoms. The lowest BCUT2D eigenvalue weighted by Gasteiger charge is -2.24. The summed E-state index contributed by atoms with van der Waals surface area (Å²) in [7, 11) is 0. The summed E-state index contributed by atoms with van der Waals surface area (Å²) in [4.78, 5) is 0. The van der Waals surface area contributed by atoms with E-state index >= 15 is 0 Å². The molecule has 0 amide bonds. The number of thioether (sulfide) groups is 1. The topological polar surface area (TPSA) is 12.0 Å². The second kappa shape index (κ2) is 8.26. The maximum atomic E-state index is 13.5. The lowest BCUT2D eigenvalue weighted by atomic mass is 10.1. The third kappa shape index (κ3) is 6.47. The average molecular weight is 318 g/mol. The molecule has 0 fully saturated rings. The second-order valence-electron chi connectivity index (χ2n) is 5.99. The molecule has 20 heavy (non-hydrogen) atoms. The lowest BCUT2D eigenvalue weighted by molar-refractivity contribution is 0.546. The molecule has 1 aromatic carbocycles. The third-order valence-electron chi connectivity index (χ3n) is 2.90. The zero-order valence-corrected chi connectivity index (χ0v) is 14.4. The molecule has 0 saturated carbocycles. The first-order chi connectivity index (χ1) is 9.33. The van der Waals surface area contributed by atoms with Gasteiger partial charge in [-0.2, -0.15) is 11.8 Å². The van der Waals surface area contributed by atoms with Crippen LogP contribution in [-0.4, -0.2) is 23.1 Å². The van der Waals surface area contributed by atoms with Crippen LogP contribution in [0, 0.1) is 5.82 Å². The second-order valence-corrected chi connectivity index (χ2v) is 8.22. The fourth-order valence-electron chi connectivity index (χ4n) is 1.86. The average Bonchev–Trinajstić information content (AvgIpc) is 2.37. The van der Waals surface area contributed by atoms with Gasteiger partial charge in [0, 0.05) is 16.5 Å². The molecule has 1 N–H and O–H groups in total. The summed E-state index contributed by atoms with van der Waals surface area (Å²) in [6.07, 6.45) is 1.85. The van der Waals surface area contributed by atoms with Gasteiger partial charge in [-0.15, -0.1) is 0 Å². The molecule has 0 aromatic heterocycles. The van der Waals surface area contributed by atoms with Crippen molar-refractivity contribution in [3.05, 3.63) is 34.6 Å². The van der Waals surface area contributed by atoms with Crippen molar-refractivity contribution >= 4 is 23.4 Å². The molecular weight excluding hydrogens is 293 g/mol. The Morgan fingerprint density at radius 2 is 2.05 bits per heavy atom. The van der Waals surface area contributed by atoms with Crippen molar-refractivity contribution in [2.75, 3.05) is 12.3 Å². The minimum atomic E-state index is -0.332. The van der Waals surface area contributed by atoms with Crippen LogP contribution < -0.4 is 5.32 Å². The van der Waals surface area contributed by atoms with E-state index in [-0.39, 0.29) is 15.6 Å². The molecule has 0 aliphatic heterocycles.